The molecular formula is C10H20N2O2. The van der Waals surface area contributed by atoms with E-state index in [2.05, 4.69) is 10.6 Å². The molecule has 1 rings (SSSR count). The summed E-state index contributed by atoms with van der Waals surface area (Å²) in [6.45, 7) is 5.57. The number of amides is 1. The maximum Gasteiger partial charge on any atom is 0.249 e. The van der Waals surface area contributed by atoms with Crippen LogP contribution in [0.3, 0.4) is 0 Å². The van der Waals surface area contributed by atoms with Crippen molar-refractivity contribution in [1.82, 2.24) is 10.6 Å². The lowest BCUT2D eigenvalue weighted by atomic mass is 10.0. The van der Waals surface area contributed by atoms with Crippen LogP contribution in [0.25, 0.3) is 0 Å². The second-order valence-corrected chi connectivity index (χ2v) is 4.22. The fourth-order valence-corrected chi connectivity index (χ4v) is 1.56. The number of aliphatic hydroxyl groups is 1. The Morgan fingerprint density at radius 1 is 1.43 bits per heavy atom. The Hall–Kier alpha value is -0.610. The van der Waals surface area contributed by atoms with Gasteiger partial charge in [-0.15, -0.1) is 0 Å². The quantitative estimate of drug-likeness (QED) is 0.595. The third-order valence-corrected chi connectivity index (χ3v) is 2.59. The van der Waals surface area contributed by atoms with Crippen LogP contribution in [0.15, 0.2) is 0 Å². The van der Waals surface area contributed by atoms with E-state index in [0.29, 0.717) is 0 Å². The number of hydrogen-bond donors (Lipinski definition) is 3. The third-order valence-electron chi connectivity index (χ3n) is 2.59. The van der Waals surface area contributed by atoms with Gasteiger partial charge in [0.25, 0.3) is 0 Å². The number of carbonyl (C=O) groups is 1. The van der Waals surface area contributed by atoms with Gasteiger partial charge in [-0.25, -0.2) is 0 Å². The summed E-state index contributed by atoms with van der Waals surface area (Å²) >= 11 is 0. The molecule has 0 spiro atoms. The van der Waals surface area contributed by atoms with Crippen LogP contribution < -0.4 is 10.6 Å². The molecule has 1 aliphatic rings. The summed E-state index contributed by atoms with van der Waals surface area (Å²) in [5.41, 5.74) is 0. The number of aliphatic hydroxyl groups excluding tert-OH is 1. The second-order valence-electron chi connectivity index (χ2n) is 4.22. The highest BCUT2D eigenvalue weighted by Crippen LogP contribution is 2.05. The van der Waals surface area contributed by atoms with Crippen LogP contribution in [-0.4, -0.2) is 36.2 Å². The summed E-state index contributed by atoms with van der Waals surface area (Å²) in [6, 6.07) is 0.233. The molecule has 1 atom stereocenters. The lowest BCUT2D eigenvalue weighted by Crippen LogP contribution is -2.47. The SMILES string of the molecule is CC(C)C(O)C(=O)NC1CCNCC1. The largest absolute Gasteiger partial charge is 0.383 e. The molecule has 4 nitrogen and oxygen atoms in total. The third kappa shape index (κ3) is 3.27. The molecule has 0 bridgehead atoms. The molecule has 1 heterocycles. The van der Waals surface area contributed by atoms with E-state index < -0.39 is 6.10 Å². The van der Waals surface area contributed by atoms with E-state index >= 15 is 0 Å². The molecule has 1 aliphatic heterocycles. The average Bonchev–Trinajstić information content (AvgIpc) is 2.18. The number of hydrogen-bond acceptors (Lipinski definition) is 3. The van der Waals surface area contributed by atoms with E-state index in [1.54, 1.807) is 0 Å². The van der Waals surface area contributed by atoms with Gasteiger partial charge in [0.1, 0.15) is 6.10 Å². The first-order valence-electron chi connectivity index (χ1n) is 5.30. The van der Waals surface area contributed by atoms with Crippen molar-refractivity contribution in [3.8, 4) is 0 Å². The van der Waals surface area contributed by atoms with Gasteiger partial charge in [0.2, 0.25) is 5.91 Å². The number of rotatable bonds is 3. The monoisotopic (exact) mass is 200 g/mol. The Kier molecular flexibility index (Phi) is 4.35. The zero-order valence-electron chi connectivity index (χ0n) is 8.92. The van der Waals surface area contributed by atoms with Gasteiger partial charge in [-0.05, 0) is 31.8 Å². The minimum Gasteiger partial charge on any atom is -0.383 e. The Morgan fingerprint density at radius 2 is 2.00 bits per heavy atom. The number of nitrogens with one attached hydrogen (secondary N) is 2. The van der Waals surface area contributed by atoms with Gasteiger partial charge in [-0.2, -0.15) is 0 Å². The minimum atomic E-state index is -0.870. The Bertz CT molecular complexity index is 189. The molecule has 1 unspecified atom stereocenters. The predicted octanol–water partition coefficient (Wildman–Crippen LogP) is -0.128. The van der Waals surface area contributed by atoms with Crippen LogP contribution in [0.2, 0.25) is 0 Å². The Morgan fingerprint density at radius 3 is 2.50 bits per heavy atom. The zero-order valence-corrected chi connectivity index (χ0v) is 8.92. The van der Waals surface area contributed by atoms with Gasteiger partial charge in [-0.3, -0.25) is 4.79 Å². The molecular weight excluding hydrogens is 180 g/mol. The van der Waals surface area contributed by atoms with Crippen LogP contribution in [0.1, 0.15) is 26.7 Å². The molecule has 14 heavy (non-hydrogen) atoms. The minimum absolute atomic E-state index is 0.0169. The Labute approximate surface area is 85.1 Å². The summed E-state index contributed by atoms with van der Waals surface area (Å²) in [7, 11) is 0. The first kappa shape index (κ1) is 11.5. The van der Waals surface area contributed by atoms with Crippen molar-refractivity contribution in [2.24, 2.45) is 5.92 Å². The molecule has 0 aromatic carbocycles. The van der Waals surface area contributed by atoms with Gasteiger partial charge in [0.05, 0.1) is 0 Å². The summed E-state index contributed by atoms with van der Waals surface area (Å²) in [4.78, 5) is 11.5. The molecule has 1 amide bonds. The smallest absolute Gasteiger partial charge is 0.249 e. The van der Waals surface area contributed by atoms with E-state index in [4.69, 9.17) is 0 Å². The van der Waals surface area contributed by atoms with Crippen molar-refractivity contribution < 1.29 is 9.90 Å². The second kappa shape index (κ2) is 5.32. The van der Waals surface area contributed by atoms with Crippen molar-refractivity contribution >= 4 is 5.91 Å². The first-order chi connectivity index (χ1) is 6.61. The summed E-state index contributed by atoms with van der Waals surface area (Å²) < 4.78 is 0. The van der Waals surface area contributed by atoms with Gasteiger partial charge in [-0.1, -0.05) is 13.8 Å². The van der Waals surface area contributed by atoms with Crippen molar-refractivity contribution in [3.05, 3.63) is 0 Å². The van der Waals surface area contributed by atoms with Crippen LogP contribution >= 0.6 is 0 Å². The van der Waals surface area contributed by atoms with E-state index in [9.17, 15) is 9.90 Å². The van der Waals surface area contributed by atoms with E-state index in [1.807, 2.05) is 13.8 Å². The van der Waals surface area contributed by atoms with E-state index in [1.165, 1.54) is 0 Å². The van der Waals surface area contributed by atoms with E-state index in [-0.39, 0.29) is 17.9 Å². The fourth-order valence-electron chi connectivity index (χ4n) is 1.56. The van der Waals surface area contributed by atoms with E-state index in [0.717, 1.165) is 25.9 Å². The van der Waals surface area contributed by atoms with Crippen LogP contribution in [0, 0.1) is 5.92 Å². The highest BCUT2D eigenvalue weighted by atomic mass is 16.3. The fraction of sp³-hybridized carbons (Fsp3) is 0.900. The molecule has 0 radical (unpaired) electrons. The predicted molar refractivity (Wildman–Crippen MR) is 54.9 cm³/mol. The lowest BCUT2D eigenvalue weighted by molar-refractivity contribution is -0.132. The van der Waals surface area contributed by atoms with Gasteiger partial charge in [0, 0.05) is 6.04 Å². The van der Waals surface area contributed by atoms with Crippen LogP contribution in [0.5, 0.6) is 0 Å². The molecule has 1 fully saturated rings. The van der Waals surface area contributed by atoms with Crippen molar-refractivity contribution in [2.45, 2.75) is 38.8 Å². The standard InChI is InChI=1S/C10H20N2O2/c1-7(2)9(13)10(14)12-8-3-5-11-6-4-8/h7-9,11,13H,3-6H2,1-2H3,(H,12,14). The molecule has 0 saturated carbocycles. The summed E-state index contributed by atoms with van der Waals surface area (Å²) in [5, 5.41) is 15.6. The van der Waals surface area contributed by atoms with Crippen molar-refractivity contribution in [3.63, 3.8) is 0 Å². The highest BCUT2D eigenvalue weighted by molar-refractivity contribution is 5.81. The van der Waals surface area contributed by atoms with Crippen molar-refractivity contribution in [1.29, 1.82) is 0 Å². The Balaban J connectivity index is 2.31. The maximum absolute atomic E-state index is 11.5. The normalized spacial score (nSPS) is 20.9. The molecule has 0 aromatic rings. The molecule has 0 aromatic heterocycles. The maximum atomic E-state index is 11.5. The summed E-state index contributed by atoms with van der Waals surface area (Å²) in [6.07, 6.45) is 1.04. The number of carbonyl (C=O) groups excluding carboxylic acids is 1. The molecule has 82 valence electrons. The van der Waals surface area contributed by atoms with Crippen LogP contribution in [0.4, 0.5) is 0 Å². The summed E-state index contributed by atoms with van der Waals surface area (Å²) in [5.74, 6) is -0.247. The van der Waals surface area contributed by atoms with Crippen LogP contribution in [-0.2, 0) is 4.79 Å². The van der Waals surface area contributed by atoms with Gasteiger partial charge in [0.15, 0.2) is 0 Å². The number of piperidine rings is 1. The molecule has 1 saturated heterocycles. The molecule has 0 aliphatic carbocycles. The highest BCUT2D eigenvalue weighted by Gasteiger charge is 2.22. The molecule has 3 N–H and O–H groups in total. The topological polar surface area (TPSA) is 61.4 Å². The average molecular weight is 200 g/mol. The van der Waals surface area contributed by atoms with Gasteiger partial charge >= 0.3 is 0 Å². The first-order valence-corrected chi connectivity index (χ1v) is 5.30. The molecule has 4 heteroatoms. The zero-order chi connectivity index (χ0) is 10.6. The lowest BCUT2D eigenvalue weighted by Gasteiger charge is -2.25. The van der Waals surface area contributed by atoms with Crippen molar-refractivity contribution in [2.75, 3.05) is 13.1 Å². The van der Waals surface area contributed by atoms with Gasteiger partial charge < -0.3 is 15.7 Å².